The molecule has 5 heteroatoms. The zero-order valence-electron chi connectivity index (χ0n) is 11.0. The molecule has 1 saturated carbocycles. The number of carboxylic acids is 1. The normalized spacial score (nSPS) is 17.3. The lowest BCUT2D eigenvalue weighted by Gasteiger charge is -2.41. The molecule has 19 heavy (non-hydrogen) atoms. The maximum atomic E-state index is 11.3. The molecule has 0 spiro atoms. The first-order chi connectivity index (χ1) is 9.15. The van der Waals surface area contributed by atoms with Crippen molar-refractivity contribution >= 4 is 17.0 Å². The van der Waals surface area contributed by atoms with Gasteiger partial charge in [-0.25, -0.2) is 9.48 Å². The van der Waals surface area contributed by atoms with Gasteiger partial charge in [0.2, 0.25) is 0 Å². The van der Waals surface area contributed by atoms with Crippen molar-refractivity contribution in [3.05, 3.63) is 23.8 Å². The molecule has 1 aliphatic rings. The van der Waals surface area contributed by atoms with Gasteiger partial charge in [-0.3, -0.25) is 0 Å². The minimum Gasteiger partial charge on any atom is -0.478 e. The highest BCUT2D eigenvalue weighted by Crippen LogP contribution is 2.45. The Balaban J connectivity index is 2.06. The zero-order valence-corrected chi connectivity index (χ0v) is 11.0. The summed E-state index contributed by atoms with van der Waals surface area (Å²) >= 11 is 0. The summed E-state index contributed by atoms with van der Waals surface area (Å²) < 4.78 is 1.78. The Morgan fingerprint density at radius 2 is 2.26 bits per heavy atom. The molecule has 5 nitrogen and oxygen atoms in total. The fourth-order valence-electron chi connectivity index (χ4n) is 2.93. The van der Waals surface area contributed by atoms with Crippen LogP contribution >= 0.6 is 0 Å². The smallest absolute Gasteiger partial charge is 0.337 e. The third kappa shape index (κ3) is 1.89. The van der Waals surface area contributed by atoms with E-state index in [1.54, 1.807) is 16.8 Å². The molecule has 2 aromatic rings. The lowest BCUT2D eigenvalue weighted by atomic mass is 9.67. The molecule has 0 atom stereocenters. The summed E-state index contributed by atoms with van der Waals surface area (Å²) in [6.45, 7) is 2.96. The van der Waals surface area contributed by atoms with Gasteiger partial charge in [-0.2, -0.15) is 0 Å². The monoisotopic (exact) mass is 259 g/mol. The Bertz CT molecular complexity index is 623. The van der Waals surface area contributed by atoms with Crippen LogP contribution in [0, 0.1) is 5.41 Å². The van der Waals surface area contributed by atoms with Crippen LogP contribution in [0.25, 0.3) is 11.0 Å². The topological polar surface area (TPSA) is 68.0 Å². The SMILES string of the molecule is CCC1(Cn2nnc3cccc(C(=O)O)c32)CCC1. The van der Waals surface area contributed by atoms with Crippen molar-refractivity contribution in [1.29, 1.82) is 0 Å². The summed E-state index contributed by atoms with van der Waals surface area (Å²) in [7, 11) is 0. The second kappa shape index (κ2) is 4.33. The molecule has 0 aliphatic heterocycles. The number of carboxylic acid groups (broad SMARTS) is 1. The number of aromatic carboxylic acids is 1. The molecule has 0 unspecified atom stereocenters. The van der Waals surface area contributed by atoms with Gasteiger partial charge in [-0.05, 0) is 36.8 Å². The molecule has 1 N–H and O–H groups in total. The molecule has 0 bridgehead atoms. The van der Waals surface area contributed by atoms with Gasteiger partial charge < -0.3 is 5.11 Å². The maximum absolute atomic E-state index is 11.3. The van der Waals surface area contributed by atoms with Crippen LogP contribution in [0.5, 0.6) is 0 Å². The van der Waals surface area contributed by atoms with Crippen LogP contribution in [0.1, 0.15) is 43.0 Å². The molecule has 0 radical (unpaired) electrons. The van der Waals surface area contributed by atoms with E-state index in [-0.39, 0.29) is 11.0 Å². The van der Waals surface area contributed by atoms with Gasteiger partial charge in [-0.15, -0.1) is 5.10 Å². The summed E-state index contributed by atoms with van der Waals surface area (Å²) in [5.74, 6) is -0.923. The third-order valence-electron chi connectivity index (χ3n) is 4.41. The van der Waals surface area contributed by atoms with Crippen LogP contribution in [-0.4, -0.2) is 26.1 Å². The summed E-state index contributed by atoms with van der Waals surface area (Å²) in [5.41, 5.74) is 1.87. The predicted molar refractivity (Wildman–Crippen MR) is 71.1 cm³/mol. The number of hydrogen-bond acceptors (Lipinski definition) is 3. The van der Waals surface area contributed by atoms with E-state index in [0.29, 0.717) is 11.0 Å². The largest absolute Gasteiger partial charge is 0.478 e. The van der Waals surface area contributed by atoms with Crippen molar-refractivity contribution in [3.63, 3.8) is 0 Å². The number of carbonyl (C=O) groups is 1. The molecule has 1 aromatic heterocycles. The number of para-hydroxylation sites is 1. The Labute approximate surface area is 111 Å². The van der Waals surface area contributed by atoms with Crippen molar-refractivity contribution in [2.45, 2.75) is 39.2 Å². The molecule has 1 heterocycles. The number of nitrogens with zero attached hydrogens (tertiary/aromatic N) is 3. The molecule has 1 aromatic carbocycles. The first kappa shape index (κ1) is 12.1. The molecular formula is C14H17N3O2. The summed E-state index contributed by atoms with van der Waals surface area (Å²) in [5, 5.41) is 17.5. The van der Waals surface area contributed by atoms with Crippen molar-refractivity contribution < 1.29 is 9.90 Å². The predicted octanol–water partition coefficient (Wildman–Crippen LogP) is 2.71. The van der Waals surface area contributed by atoms with E-state index in [1.165, 1.54) is 19.3 Å². The van der Waals surface area contributed by atoms with Crippen LogP contribution in [-0.2, 0) is 6.54 Å². The van der Waals surface area contributed by atoms with Gasteiger partial charge >= 0.3 is 5.97 Å². The van der Waals surface area contributed by atoms with E-state index in [2.05, 4.69) is 17.2 Å². The number of aromatic nitrogens is 3. The zero-order chi connectivity index (χ0) is 13.5. The van der Waals surface area contributed by atoms with Crippen LogP contribution < -0.4 is 0 Å². The van der Waals surface area contributed by atoms with Gasteiger partial charge in [-0.1, -0.05) is 24.6 Å². The van der Waals surface area contributed by atoms with E-state index in [9.17, 15) is 9.90 Å². The number of rotatable bonds is 4. The van der Waals surface area contributed by atoms with Crippen molar-refractivity contribution in [1.82, 2.24) is 15.0 Å². The lowest BCUT2D eigenvalue weighted by Crippen LogP contribution is -2.34. The quantitative estimate of drug-likeness (QED) is 0.916. The van der Waals surface area contributed by atoms with Crippen LogP contribution in [0.15, 0.2) is 18.2 Å². The number of benzene rings is 1. The summed E-state index contributed by atoms with van der Waals surface area (Å²) in [6.07, 6.45) is 4.75. The first-order valence-electron chi connectivity index (χ1n) is 6.71. The average molecular weight is 259 g/mol. The highest BCUT2D eigenvalue weighted by Gasteiger charge is 2.36. The Morgan fingerprint density at radius 1 is 1.47 bits per heavy atom. The van der Waals surface area contributed by atoms with E-state index in [4.69, 9.17) is 0 Å². The first-order valence-corrected chi connectivity index (χ1v) is 6.71. The second-order valence-electron chi connectivity index (χ2n) is 5.43. The average Bonchev–Trinajstić information content (AvgIpc) is 2.76. The minimum atomic E-state index is -0.923. The lowest BCUT2D eigenvalue weighted by molar-refractivity contribution is 0.0696. The molecule has 1 aliphatic carbocycles. The molecule has 0 amide bonds. The highest BCUT2D eigenvalue weighted by atomic mass is 16.4. The molecule has 1 fully saturated rings. The van der Waals surface area contributed by atoms with Crippen molar-refractivity contribution in [3.8, 4) is 0 Å². The number of hydrogen-bond donors (Lipinski definition) is 1. The fraction of sp³-hybridized carbons (Fsp3) is 0.500. The van der Waals surface area contributed by atoms with Crippen molar-refractivity contribution in [2.24, 2.45) is 5.41 Å². The molecule has 3 rings (SSSR count). The van der Waals surface area contributed by atoms with E-state index >= 15 is 0 Å². The van der Waals surface area contributed by atoms with Gasteiger partial charge in [0.1, 0.15) is 11.0 Å². The van der Waals surface area contributed by atoms with E-state index in [1.807, 2.05) is 6.07 Å². The van der Waals surface area contributed by atoms with Gasteiger partial charge in [0.25, 0.3) is 0 Å². The van der Waals surface area contributed by atoms with Gasteiger partial charge in [0.15, 0.2) is 0 Å². The third-order valence-corrected chi connectivity index (χ3v) is 4.41. The Morgan fingerprint density at radius 3 is 2.84 bits per heavy atom. The second-order valence-corrected chi connectivity index (χ2v) is 5.43. The fourth-order valence-corrected chi connectivity index (χ4v) is 2.93. The molecule has 0 saturated heterocycles. The number of fused-ring (bicyclic) bond motifs is 1. The Kier molecular flexibility index (Phi) is 2.77. The van der Waals surface area contributed by atoms with Gasteiger partial charge in [0, 0.05) is 6.54 Å². The van der Waals surface area contributed by atoms with Crippen LogP contribution in [0.3, 0.4) is 0 Å². The van der Waals surface area contributed by atoms with E-state index < -0.39 is 5.97 Å². The van der Waals surface area contributed by atoms with Crippen LogP contribution in [0.2, 0.25) is 0 Å². The standard InChI is InChI=1S/C14H17N3O2/c1-2-14(7-4-8-14)9-17-12-10(13(18)19)5-3-6-11(12)15-16-17/h3,5-6H,2,4,7-9H2,1H3,(H,18,19). The van der Waals surface area contributed by atoms with Crippen molar-refractivity contribution in [2.75, 3.05) is 0 Å². The van der Waals surface area contributed by atoms with Crippen LogP contribution in [0.4, 0.5) is 0 Å². The highest BCUT2D eigenvalue weighted by molar-refractivity contribution is 6.00. The Hall–Kier alpha value is -1.91. The minimum absolute atomic E-state index is 0.284. The molecule has 100 valence electrons. The maximum Gasteiger partial charge on any atom is 0.337 e. The van der Waals surface area contributed by atoms with E-state index in [0.717, 1.165) is 13.0 Å². The summed E-state index contributed by atoms with van der Waals surface area (Å²) in [6, 6.07) is 5.14. The van der Waals surface area contributed by atoms with Gasteiger partial charge in [0.05, 0.1) is 5.56 Å². The molecular weight excluding hydrogens is 242 g/mol. The summed E-state index contributed by atoms with van der Waals surface area (Å²) in [4.78, 5) is 11.3.